The summed E-state index contributed by atoms with van der Waals surface area (Å²) < 4.78 is 26.6. The van der Waals surface area contributed by atoms with Gasteiger partial charge in [0.15, 0.2) is 0 Å². The van der Waals surface area contributed by atoms with E-state index in [1.165, 1.54) is 25.5 Å². The molecule has 0 bridgehead atoms. The average molecular weight is 656 g/mol. The first kappa shape index (κ1) is 33.6. The first-order valence-electron chi connectivity index (χ1n) is 16.3. The van der Waals surface area contributed by atoms with Gasteiger partial charge in [0.1, 0.15) is 11.7 Å². The topological polar surface area (TPSA) is 102 Å². The second-order valence-electron chi connectivity index (χ2n) is 12.7. The van der Waals surface area contributed by atoms with Gasteiger partial charge in [-0.3, -0.25) is 19.5 Å². The Kier molecular flexibility index (Phi) is 11.3. The molecule has 4 atom stereocenters. The maximum atomic E-state index is 14.1. The van der Waals surface area contributed by atoms with E-state index in [2.05, 4.69) is 27.4 Å². The zero-order valence-corrected chi connectivity index (χ0v) is 27.9. The van der Waals surface area contributed by atoms with Crippen LogP contribution in [0.15, 0.2) is 65.3 Å². The van der Waals surface area contributed by atoms with Crippen molar-refractivity contribution in [2.24, 2.45) is 22.7 Å². The molecule has 1 saturated carbocycles. The lowest BCUT2D eigenvalue weighted by molar-refractivity contribution is -0.137. The molecule has 1 aromatic rings. The SMILES string of the molecule is CCN(CC(C1CCCCC1)N1CCN(C(=O)[C@@H](Cc2ccc(Cl)cc2)NC(=O)C2=CC3C=CC=CC3C=N2)CC1)S(C)(=O)=O. The van der Waals surface area contributed by atoms with Gasteiger partial charge < -0.3 is 10.2 Å². The van der Waals surface area contributed by atoms with E-state index in [1.807, 2.05) is 42.2 Å². The van der Waals surface area contributed by atoms with Crippen LogP contribution >= 0.6 is 11.6 Å². The lowest BCUT2D eigenvalue weighted by Crippen LogP contribution is -2.59. The summed E-state index contributed by atoms with van der Waals surface area (Å²) in [4.78, 5) is 36.2. The lowest BCUT2D eigenvalue weighted by Gasteiger charge is -2.45. The average Bonchev–Trinajstić information content (AvgIpc) is 3.05. The second-order valence-corrected chi connectivity index (χ2v) is 15.1. The number of piperazine rings is 1. The number of amides is 2. The number of benzene rings is 1. The van der Waals surface area contributed by atoms with Crippen molar-refractivity contribution in [1.82, 2.24) is 19.4 Å². The lowest BCUT2D eigenvalue weighted by atomic mass is 9.83. The second kappa shape index (κ2) is 15.2. The Morgan fingerprint density at radius 1 is 1.02 bits per heavy atom. The number of sulfonamides is 1. The summed E-state index contributed by atoms with van der Waals surface area (Å²) in [5, 5.41) is 3.61. The maximum absolute atomic E-state index is 14.1. The van der Waals surface area contributed by atoms with Crippen molar-refractivity contribution in [2.75, 3.05) is 45.5 Å². The molecule has 5 rings (SSSR count). The highest BCUT2D eigenvalue weighted by molar-refractivity contribution is 7.88. The number of fused-ring (bicyclic) bond motifs is 1. The highest BCUT2D eigenvalue weighted by atomic mass is 35.5. The van der Waals surface area contributed by atoms with Crippen molar-refractivity contribution >= 4 is 39.7 Å². The van der Waals surface area contributed by atoms with E-state index in [0.29, 0.717) is 62.3 Å². The molecule has 2 amide bonds. The molecular weight excluding hydrogens is 610 g/mol. The molecule has 2 aliphatic carbocycles. The van der Waals surface area contributed by atoms with Gasteiger partial charge in [0.2, 0.25) is 15.9 Å². The molecule has 1 N–H and O–H groups in total. The summed E-state index contributed by atoms with van der Waals surface area (Å²) in [7, 11) is -3.31. The Morgan fingerprint density at radius 2 is 1.69 bits per heavy atom. The molecule has 1 saturated heterocycles. The van der Waals surface area contributed by atoms with E-state index in [4.69, 9.17) is 11.6 Å². The zero-order chi connectivity index (χ0) is 32.0. The summed E-state index contributed by atoms with van der Waals surface area (Å²) >= 11 is 6.12. The number of hydrogen-bond donors (Lipinski definition) is 1. The number of likely N-dealkylation sites (N-methyl/N-ethyl adjacent to an activating group) is 1. The number of allylic oxidation sites excluding steroid dienone is 5. The molecule has 0 radical (unpaired) electrons. The zero-order valence-electron chi connectivity index (χ0n) is 26.4. The summed E-state index contributed by atoms with van der Waals surface area (Å²) in [6.07, 6.45) is 19.1. The predicted molar refractivity (Wildman–Crippen MR) is 180 cm³/mol. The number of carbonyl (C=O) groups excluding carboxylic acids is 2. The van der Waals surface area contributed by atoms with E-state index in [1.54, 1.807) is 22.7 Å². The van der Waals surface area contributed by atoms with Crippen molar-refractivity contribution < 1.29 is 18.0 Å². The summed E-state index contributed by atoms with van der Waals surface area (Å²) in [6.45, 7) is 5.17. The third-order valence-corrected chi connectivity index (χ3v) is 11.2. The van der Waals surface area contributed by atoms with Gasteiger partial charge in [0.05, 0.1) is 6.26 Å². The summed E-state index contributed by atoms with van der Waals surface area (Å²) in [5.74, 6) is 0.143. The number of nitrogens with zero attached hydrogens (tertiary/aromatic N) is 4. The Morgan fingerprint density at radius 3 is 2.33 bits per heavy atom. The van der Waals surface area contributed by atoms with Gasteiger partial charge >= 0.3 is 0 Å². The normalized spacial score (nSPS) is 23.8. The standard InChI is InChI=1S/C34H46ClN5O4S/c1-3-40(45(2,43)44)24-32(26-9-5-4-6-10-26)38-17-19-39(20-18-38)34(42)31(21-25-13-15-29(35)16-14-25)37-33(41)30-22-27-11-7-8-12-28(27)23-36-30/h7-8,11-16,22-23,26-28,31-32H,3-6,9-10,17-21,24H2,1-2H3,(H,37,41)/t27?,28?,31-,32?/m1/s1. The third-order valence-electron chi connectivity index (χ3n) is 9.65. The van der Waals surface area contributed by atoms with E-state index in [9.17, 15) is 18.0 Å². The van der Waals surface area contributed by atoms with Crippen LogP contribution < -0.4 is 5.32 Å². The van der Waals surface area contributed by atoms with E-state index < -0.39 is 16.1 Å². The van der Waals surface area contributed by atoms with E-state index in [0.717, 1.165) is 18.4 Å². The predicted octanol–water partition coefficient (Wildman–Crippen LogP) is 4.07. The monoisotopic (exact) mass is 655 g/mol. The van der Waals surface area contributed by atoms with Crippen molar-refractivity contribution in [1.29, 1.82) is 0 Å². The van der Waals surface area contributed by atoms with Crippen LogP contribution in [0.3, 0.4) is 0 Å². The number of aliphatic imine (C=N–C) groups is 1. The van der Waals surface area contributed by atoms with Crippen LogP contribution in [-0.2, 0) is 26.0 Å². The number of rotatable bonds is 11. The fourth-order valence-electron chi connectivity index (χ4n) is 7.06. The Bertz CT molecular complexity index is 1430. The molecule has 2 aliphatic heterocycles. The molecule has 9 nitrogen and oxygen atoms in total. The van der Waals surface area contributed by atoms with Crippen molar-refractivity contribution in [3.05, 3.63) is 70.9 Å². The number of hydrogen-bond acceptors (Lipinski definition) is 6. The van der Waals surface area contributed by atoms with Gasteiger partial charge in [-0.2, -0.15) is 0 Å². The third kappa shape index (κ3) is 8.73. The smallest absolute Gasteiger partial charge is 0.270 e. The Hall–Kier alpha value is -2.79. The van der Waals surface area contributed by atoms with Gasteiger partial charge in [0.25, 0.3) is 5.91 Å². The molecule has 11 heteroatoms. The fraction of sp³-hybridized carbons (Fsp3) is 0.559. The van der Waals surface area contributed by atoms with Crippen LogP contribution in [0.2, 0.25) is 5.02 Å². The van der Waals surface area contributed by atoms with Gasteiger partial charge in [-0.25, -0.2) is 12.7 Å². The fourth-order valence-corrected chi connectivity index (χ4v) is 8.07. The molecule has 0 aromatic heterocycles. The highest BCUT2D eigenvalue weighted by Gasteiger charge is 2.36. The quantitative estimate of drug-likeness (QED) is 0.387. The van der Waals surface area contributed by atoms with Crippen molar-refractivity contribution in [3.8, 4) is 0 Å². The molecule has 1 aromatic carbocycles. The van der Waals surface area contributed by atoms with Crippen molar-refractivity contribution in [2.45, 2.75) is 57.5 Å². The van der Waals surface area contributed by atoms with Gasteiger partial charge in [-0.05, 0) is 42.5 Å². The molecule has 0 spiro atoms. The van der Waals surface area contributed by atoms with E-state index in [-0.39, 0.29) is 29.7 Å². The minimum Gasteiger partial charge on any atom is -0.339 e. The Balaban J connectivity index is 1.28. The molecule has 3 unspecified atom stereocenters. The molecule has 244 valence electrons. The van der Waals surface area contributed by atoms with Crippen LogP contribution in [0.5, 0.6) is 0 Å². The minimum absolute atomic E-state index is 0.0650. The minimum atomic E-state index is -3.31. The van der Waals surface area contributed by atoms with E-state index >= 15 is 0 Å². The van der Waals surface area contributed by atoms with Gasteiger partial charge in [0, 0.05) is 74.8 Å². The van der Waals surface area contributed by atoms with Gasteiger partial charge in [-0.15, -0.1) is 0 Å². The van der Waals surface area contributed by atoms with Crippen molar-refractivity contribution in [3.63, 3.8) is 0 Å². The van der Waals surface area contributed by atoms with Crippen LogP contribution in [0.1, 0.15) is 44.6 Å². The number of nitrogens with one attached hydrogen (secondary N) is 1. The molecule has 4 aliphatic rings. The highest BCUT2D eigenvalue weighted by Crippen LogP contribution is 2.31. The van der Waals surface area contributed by atoms with Crippen LogP contribution in [0, 0.1) is 17.8 Å². The van der Waals surface area contributed by atoms with Gasteiger partial charge in [-0.1, -0.05) is 74.2 Å². The first-order chi connectivity index (χ1) is 21.6. The molecule has 45 heavy (non-hydrogen) atoms. The Labute approximate surface area is 273 Å². The van der Waals surface area contributed by atoms with Crippen LogP contribution in [0.25, 0.3) is 0 Å². The molecule has 2 fully saturated rings. The molecular formula is C34H46ClN5O4S. The number of halogens is 1. The molecule has 2 heterocycles. The maximum Gasteiger partial charge on any atom is 0.270 e. The van der Waals surface area contributed by atoms with Crippen LogP contribution in [-0.4, -0.2) is 98.2 Å². The number of carbonyl (C=O) groups is 2. The largest absolute Gasteiger partial charge is 0.339 e. The first-order valence-corrected chi connectivity index (χ1v) is 18.5. The summed E-state index contributed by atoms with van der Waals surface area (Å²) in [6, 6.07) is 6.69. The summed E-state index contributed by atoms with van der Waals surface area (Å²) in [5.41, 5.74) is 1.22. The van der Waals surface area contributed by atoms with Crippen LogP contribution in [0.4, 0.5) is 0 Å².